The second kappa shape index (κ2) is 12.6. The normalized spacial score (nSPS) is 20.1. The van der Waals surface area contributed by atoms with Gasteiger partial charge in [-0.1, -0.05) is 39.3 Å². The van der Waals surface area contributed by atoms with Gasteiger partial charge in [-0.2, -0.15) is 13.5 Å². The molecule has 2 rings (SSSR count). The van der Waals surface area contributed by atoms with Crippen molar-refractivity contribution in [3.63, 3.8) is 0 Å². The molecule has 2 N–H and O–H groups in total. The molecule has 1 aliphatic rings. The van der Waals surface area contributed by atoms with E-state index in [-0.39, 0.29) is 31.2 Å². The molecule has 0 saturated carbocycles. The maximum atomic E-state index is 12.9. The number of benzene rings is 1. The van der Waals surface area contributed by atoms with Crippen LogP contribution in [0, 0.1) is 11.3 Å². The van der Waals surface area contributed by atoms with Crippen molar-refractivity contribution in [2.75, 3.05) is 20.1 Å². The molecule has 1 aromatic rings. The third-order valence-electron chi connectivity index (χ3n) is 6.76. The summed E-state index contributed by atoms with van der Waals surface area (Å²) in [6.45, 7) is 11.0. The quantitative estimate of drug-likeness (QED) is 0.396. The van der Waals surface area contributed by atoms with E-state index in [0.717, 1.165) is 32.4 Å². The summed E-state index contributed by atoms with van der Waals surface area (Å²) in [5.74, 6) is -1.90. The monoisotopic (exact) mass is 494 g/mol. The number of esters is 1. The van der Waals surface area contributed by atoms with Crippen molar-refractivity contribution >= 4 is 31.3 Å². The van der Waals surface area contributed by atoms with Gasteiger partial charge in [-0.15, -0.1) is 0 Å². The summed E-state index contributed by atoms with van der Waals surface area (Å²) in [6, 6.07) is 6.75. The van der Waals surface area contributed by atoms with Gasteiger partial charge in [-0.05, 0) is 70.3 Å². The van der Waals surface area contributed by atoms with E-state index >= 15 is 0 Å². The Hall–Kier alpha value is -2.06. The van der Waals surface area contributed by atoms with Crippen molar-refractivity contribution in [1.82, 2.24) is 10.2 Å². The van der Waals surface area contributed by atoms with E-state index in [2.05, 4.69) is 30.3 Å². The fourth-order valence-electron chi connectivity index (χ4n) is 4.59. The van der Waals surface area contributed by atoms with Crippen molar-refractivity contribution < 1.29 is 24.2 Å². The maximum absolute atomic E-state index is 12.9. The second-order valence-corrected chi connectivity index (χ2v) is 10.4. The summed E-state index contributed by atoms with van der Waals surface area (Å²) in [5.41, 5.74) is 0.0810. The molecule has 2 atom stereocenters. The van der Waals surface area contributed by atoms with E-state index in [9.17, 15) is 19.5 Å². The van der Waals surface area contributed by atoms with Gasteiger partial charge in [0.05, 0.1) is 5.41 Å². The fourth-order valence-corrected chi connectivity index (χ4v) is 4.59. The Kier molecular flexibility index (Phi) is 11.1. The molecule has 0 bridgehead atoms. The first-order chi connectivity index (χ1) is 15.4. The Morgan fingerprint density at radius 1 is 1.24 bits per heavy atom. The first kappa shape index (κ1) is 30.0. The summed E-state index contributed by atoms with van der Waals surface area (Å²) in [7, 11) is 2.15. The first-order valence-corrected chi connectivity index (χ1v) is 11.9. The fraction of sp³-hybridized carbons (Fsp3) is 0.654. The molecule has 1 aliphatic heterocycles. The average molecular weight is 495 g/mol. The minimum absolute atomic E-state index is 0. The molecule has 1 heterocycles. The van der Waals surface area contributed by atoms with Crippen molar-refractivity contribution in [1.29, 1.82) is 0 Å². The minimum atomic E-state index is -1.11. The smallest absolute Gasteiger partial charge is 0.326 e. The lowest BCUT2D eigenvalue weighted by atomic mass is 9.74. The predicted molar refractivity (Wildman–Crippen MR) is 139 cm³/mol. The molecule has 8 heteroatoms. The number of amides is 1. The number of likely N-dealkylation sites (tertiary alicyclic amines) is 1. The predicted octanol–water partition coefficient (Wildman–Crippen LogP) is 4.11. The van der Waals surface area contributed by atoms with Crippen molar-refractivity contribution in [2.24, 2.45) is 11.3 Å². The summed E-state index contributed by atoms with van der Waals surface area (Å²) in [5, 5.41) is 11.8. The molecule has 0 aromatic heterocycles. The average Bonchev–Trinajstić information content (AvgIpc) is 2.93. The van der Waals surface area contributed by atoms with Gasteiger partial charge in [0.1, 0.15) is 11.8 Å². The van der Waals surface area contributed by atoms with E-state index in [4.69, 9.17) is 4.74 Å². The largest absolute Gasteiger partial charge is 0.480 e. The number of hydrogen-bond acceptors (Lipinski definition) is 5. The lowest BCUT2D eigenvalue weighted by molar-refractivity contribution is -0.148. The van der Waals surface area contributed by atoms with Crippen LogP contribution < -0.4 is 10.1 Å². The van der Waals surface area contributed by atoms with Crippen LogP contribution in [0.5, 0.6) is 5.75 Å². The highest BCUT2D eigenvalue weighted by Crippen LogP contribution is 2.38. The molecule has 192 valence electrons. The van der Waals surface area contributed by atoms with Gasteiger partial charge >= 0.3 is 11.9 Å². The van der Waals surface area contributed by atoms with E-state index < -0.39 is 29.3 Å². The molecule has 0 aliphatic carbocycles. The van der Waals surface area contributed by atoms with Crippen LogP contribution in [-0.4, -0.2) is 54.0 Å². The van der Waals surface area contributed by atoms with E-state index in [1.54, 1.807) is 33.8 Å². The maximum Gasteiger partial charge on any atom is 0.326 e. The number of hydrogen-bond donors (Lipinski definition) is 2. The van der Waals surface area contributed by atoms with Crippen LogP contribution in [0.1, 0.15) is 72.3 Å². The number of aliphatic carboxylic acids is 1. The zero-order chi connectivity index (χ0) is 24.8. The topological polar surface area (TPSA) is 95.9 Å². The zero-order valence-electron chi connectivity index (χ0n) is 21.4. The number of rotatable bonds is 9. The molecule has 1 aromatic carbocycles. The lowest BCUT2D eigenvalue weighted by Gasteiger charge is -2.35. The van der Waals surface area contributed by atoms with Crippen LogP contribution >= 0.6 is 13.5 Å². The number of ether oxygens (including phenoxy) is 1. The summed E-state index contributed by atoms with van der Waals surface area (Å²) in [6.07, 6.45) is 4.28. The molecule has 0 spiro atoms. The van der Waals surface area contributed by atoms with E-state index in [0.29, 0.717) is 5.75 Å². The van der Waals surface area contributed by atoms with E-state index in [1.807, 2.05) is 12.1 Å². The first-order valence-electron chi connectivity index (χ1n) is 11.9. The van der Waals surface area contributed by atoms with Crippen molar-refractivity contribution in [3.05, 3.63) is 29.8 Å². The van der Waals surface area contributed by atoms with Crippen LogP contribution in [0.3, 0.4) is 0 Å². The Labute approximate surface area is 211 Å². The van der Waals surface area contributed by atoms with Gasteiger partial charge in [0.15, 0.2) is 0 Å². The highest BCUT2D eigenvalue weighted by atomic mass is 32.1. The number of nitrogens with one attached hydrogen (secondary N) is 1. The van der Waals surface area contributed by atoms with Crippen LogP contribution in [0.2, 0.25) is 0 Å². The van der Waals surface area contributed by atoms with Gasteiger partial charge in [0, 0.05) is 18.4 Å². The molecular weight excluding hydrogens is 452 g/mol. The lowest BCUT2D eigenvalue weighted by Crippen LogP contribution is -2.46. The van der Waals surface area contributed by atoms with Gasteiger partial charge in [0.25, 0.3) is 0 Å². The second-order valence-electron chi connectivity index (χ2n) is 10.4. The van der Waals surface area contributed by atoms with Gasteiger partial charge in [-0.3, -0.25) is 9.59 Å². The number of carboxylic acids is 1. The molecule has 1 fully saturated rings. The third-order valence-corrected chi connectivity index (χ3v) is 6.76. The van der Waals surface area contributed by atoms with Crippen LogP contribution in [0.4, 0.5) is 0 Å². The van der Waals surface area contributed by atoms with Crippen molar-refractivity contribution in [2.45, 2.75) is 78.2 Å². The van der Waals surface area contributed by atoms with Gasteiger partial charge < -0.3 is 20.1 Å². The Morgan fingerprint density at radius 3 is 2.50 bits per heavy atom. The molecule has 34 heavy (non-hydrogen) atoms. The van der Waals surface area contributed by atoms with E-state index in [1.165, 1.54) is 12.0 Å². The number of likely N-dealkylation sites (N-methyl/N-ethyl adjacent to an activating group) is 1. The standard InChI is InChI=1S/C26H40N2O5.H2S/c1-7-26(13-8-9-14-28(6)17-26)19-11-10-12-20(15-19)33-24(32)25(4,5)16-21(29)27-22(18(2)3)23(30)31;/h10-12,15,18,22H,7-9,13-14,16-17H2,1-6H3,(H,27,29)(H,30,31);1H2/t22-,26?;/m0./s1. The highest BCUT2D eigenvalue weighted by Gasteiger charge is 2.36. The molecule has 7 nitrogen and oxygen atoms in total. The summed E-state index contributed by atoms with van der Waals surface area (Å²) >= 11 is 0. The number of carbonyl (C=O) groups is 3. The van der Waals surface area contributed by atoms with Crippen LogP contribution in [-0.2, 0) is 19.8 Å². The molecule has 1 unspecified atom stereocenters. The molecule has 0 radical (unpaired) electrons. The van der Waals surface area contributed by atoms with Crippen LogP contribution in [0.15, 0.2) is 24.3 Å². The molecule has 1 amide bonds. The Balaban J connectivity index is 0.00000578. The van der Waals surface area contributed by atoms with Crippen LogP contribution in [0.25, 0.3) is 0 Å². The molecule has 1 saturated heterocycles. The highest BCUT2D eigenvalue weighted by molar-refractivity contribution is 7.59. The summed E-state index contributed by atoms with van der Waals surface area (Å²) < 4.78 is 5.71. The SMILES string of the molecule is CCC1(c2cccc(OC(=O)C(C)(C)CC(=O)N[C@H](C(=O)O)C(C)C)c2)CCCCN(C)C1.S. The minimum Gasteiger partial charge on any atom is -0.480 e. The Bertz CT molecular complexity index is 857. The van der Waals surface area contributed by atoms with Gasteiger partial charge in [0.2, 0.25) is 5.91 Å². The van der Waals surface area contributed by atoms with Gasteiger partial charge in [-0.25, -0.2) is 4.79 Å². The third kappa shape index (κ3) is 7.73. The zero-order valence-corrected chi connectivity index (χ0v) is 22.4. The number of carboxylic acid groups (broad SMARTS) is 1. The number of carbonyl (C=O) groups excluding carboxylic acids is 2. The van der Waals surface area contributed by atoms with Crippen molar-refractivity contribution in [3.8, 4) is 5.75 Å². The molecular formula is C26H42N2O5S. The Morgan fingerprint density at radius 2 is 1.91 bits per heavy atom. The summed E-state index contributed by atoms with van der Waals surface area (Å²) in [4.78, 5) is 39.1. The number of nitrogens with zero attached hydrogens (tertiary/aromatic N) is 1.